The molecule has 1 fully saturated rings. The lowest BCUT2D eigenvalue weighted by molar-refractivity contribution is 0.135. The van der Waals surface area contributed by atoms with Gasteiger partial charge in [0.2, 0.25) is 10.0 Å². The van der Waals surface area contributed by atoms with E-state index in [0.29, 0.717) is 31.5 Å². The number of anilines is 1. The third-order valence-corrected chi connectivity index (χ3v) is 8.19. The van der Waals surface area contributed by atoms with E-state index in [1.807, 2.05) is 25.1 Å². The van der Waals surface area contributed by atoms with Gasteiger partial charge in [0.05, 0.1) is 10.7 Å². The second-order valence-electron chi connectivity index (χ2n) is 7.53. The normalized spacial score (nSPS) is 18.4. The Hall–Kier alpha value is -2.09. The third kappa shape index (κ3) is 3.52. The molecule has 0 atom stereocenters. The average molecular weight is 435 g/mol. The van der Waals surface area contributed by atoms with Crippen molar-refractivity contribution < 1.29 is 17.9 Å². The topological polar surface area (TPSA) is 66.9 Å². The van der Waals surface area contributed by atoms with Gasteiger partial charge in [0.25, 0.3) is 0 Å². The minimum atomic E-state index is -3.69. The minimum absolute atomic E-state index is 0.110. The zero-order valence-corrected chi connectivity index (χ0v) is 18.0. The van der Waals surface area contributed by atoms with E-state index in [0.717, 1.165) is 16.8 Å². The highest BCUT2D eigenvalue weighted by molar-refractivity contribution is 7.89. The molecule has 0 unspecified atom stereocenters. The second-order valence-corrected chi connectivity index (χ2v) is 9.81. The van der Waals surface area contributed by atoms with Gasteiger partial charge in [-0.2, -0.15) is 4.31 Å². The fourth-order valence-corrected chi connectivity index (χ4v) is 6.48. The number of cyclic esters (lactones) is 1. The molecule has 1 amide bonds. The molecule has 8 heteroatoms. The molecule has 2 heterocycles. The molecule has 4 rings (SSSR count). The zero-order chi connectivity index (χ0) is 20.8. The maximum atomic E-state index is 13.2. The van der Waals surface area contributed by atoms with Gasteiger partial charge in [-0.3, -0.25) is 4.90 Å². The predicted molar refractivity (Wildman–Crippen MR) is 112 cm³/mol. The van der Waals surface area contributed by atoms with Crippen molar-refractivity contribution in [2.24, 2.45) is 0 Å². The van der Waals surface area contributed by atoms with E-state index in [1.54, 1.807) is 30.0 Å². The van der Waals surface area contributed by atoms with Crippen LogP contribution in [0.1, 0.15) is 29.5 Å². The lowest BCUT2D eigenvalue weighted by atomic mass is 10.00. The van der Waals surface area contributed by atoms with E-state index in [9.17, 15) is 13.2 Å². The van der Waals surface area contributed by atoms with E-state index in [1.165, 1.54) is 4.31 Å². The molecule has 0 saturated carbocycles. The van der Waals surface area contributed by atoms with Gasteiger partial charge < -0.3 is 4.74 Å². The molecular formula is C21H23ClN2O4S. The third-order valence-electron chi connectivity index (χ3n) is 5.66. The number of rotatable bonds is 3. The smallest absolute Gasteiger partial charge is 0.414 e. The van der Waals surface area contributed by atoms with Crippen molar-refractivity contribution in [1.29, 1.82) is 0 Å². The van der Waals surface area contributed by atoms with Crippen molar-refractivity contribution in [3.05, 3.63) is 58.1 Å². The van der Waals surface area contributed by atoms with Gasteiger partial charge in [0.15, 0.2) is 0 Å². The first-order valence-electron chi connectivity index (χ1n) is 9.60. The van der Waals surface area contributed by atoms with E-state index in [2.05, 4.69) is 0 Å². The van der Waals surface area contributed by atoms with Gasteiger partial charge in [-0.25, -0.2) is 13.2 Å². The van der Waals surface area contributed by atoms with Crippen molar-refractivity contribution in [3.63, 3.8) is 0 Å². The Balaban J connectivity index is 1.57. The number of aryl methyl sites for hydroxylation is 2. The number of hydrogen-bond acceptors (Lipinski definition) is 4. The first-order valence-corrected chi connectivity index (χ1v) is 11.4. The molecule has 2 aromatic rings. The van der Waals surface area contributed by atoms with Crippen molar-refractivity contribution >= 4 is 33.4 Å². The standard InChI is InChI=1S/C21H23ClN2O4S/c1-14-5-3-7-16-13-28-21(25)24(19(14)16)17-9-11-23(12-10-17)29(26,27)20-15(2)6-4-8-18(20)22/h3-8,17H,9-13H2,1-2H3. The number of carbonyl (C=O) groups is 1. The van der Waals surface area contributed by atoms with Crippen molar-refractivity contribution in [1.82, 2.24) is 4.31 Å². The fraction of sp³-hybridized carbons (Fsp3) is 0.381. The number of halogens is 1. The molecule has 2 aliphatic rings. The summed E-state index contributed by atoms with van der Waals surface area (Å²) < 4.78 is 33.2. The van der Waals surface area contributed by atoms with Crippen LogP contribution in [0.3, 0.4) is 0 Å². The van der Waals surface area contributed by atoms with Crippen LogP contribution in [-0.2, 0) is 21.4 Å². The van der Waals surface area contributed by atoms with Gasteiger partial charge in [-0.15, -0.1) is 0 Å². The molecular weight excluding hydrogens is 412 g/mol. The minimum Gasteiger partial charge on any atom is -0.444 e. The van der Waals surface area contributed by atoms with Gasteiger partial charge in [0, 0.05) is 24.7 Å². The Bertz CT molecular complexity index is 1040. The van der Waals surface area contributed by atoms with Crippen LogP contribution in [0.25, 0.3) is 0 Å². The number of piperidine rings is 1. The Kier molecular flexibility index (Phi) is 5.31. The number of nitrogens with zero attached hydrogens (tertiary/aromatic N) is 2. The molecule has 2 aromatic carbocycles. The lowest BCUT2D eigenvalue weighted by Gasteiger charge is -2.40. The Labute approximate surface area is 176 Å². The highest BCUT2D eigenvalue weighted by atomic mass is 35.5. The van der Waals surface area contributed by atoms with Crippen LogP contribution < -0.4 is 4.90 Å². The summed E-state index contributed by atoms with van der Waals surface area (Å²) in [6, 6.07) is 10.9. The molecule has 0 radical (unpaired) electrons. The summed E-state index contributed by atoms with van der Waals surface area (Å²) >= 11 is 6.20. The van der Waals surface area contributed by atoms with Crippen molar-refractivity contribution in [2.75, 3.05) is 18.0 Å². The molecule has 2 aliphatic heterocycles. The second kappa shape index (κ2) is 7.63. The van der Waals surface area contributed by atoms with E-state index < -0.39 is 10.0 Å². The van der Waals surface area contributed by atoms with Gasteiger partial charge in [-0.1, -0.05) is 41.9 Å². The zero-order valence-electron chi connectivity index (χ0n) is 16.4. The van der Waals surface area contributed by atoms with Crippen LogP contribution in [-0.4, -0.2) is 37.9 Å². The van der Waals surface area contributed by atoms with Crippen LogP contribution in [0, 0.1) is 13.8 Å². The van der Waals surface area contributed by atoms with E-state index >= 15 is 0 Å². The molecule has 6 nitrogen and oxygen atoms in total. The Morgan fingerprint density at radius 1 is 1.03 bits per heavy atom. The number of ether oxygens (including phenoxy) is 1. The monoisotopic (exact) mass is 434 g/mol. The first-order chi connectivity index (χ1) is 13.8. The summed E-state index contributed by atoms with van der Waals surface area (Å²) in [6.45, 7) is 4.63. The lowest BCUT2D eigenvalue weighted by Crippen LogP contribution is -2.50. The quantitative estimate of drug-likeness (QED) is 0.723. The predicted octanol–water partition coefficient (Wildman–Crippen LogP) is 4.27. The summed E-state index contributed by atoms with van der Waals surface area (Å²) in [7, 11) is -3.69. The molecule has 0 N–H and O–H groups in total. The fourth-order valence-electron chi connectivity index (χ4n) is 4.23. The van der Waals surface area contributed by atoms with Crippen LogP contribution >= 0.6 is 11.6 Å². The molecule has 0 aromatic heterocycles. The largest absolute Gasteiger partial charge is 0.444 e. The highest BCUT2D eigenvalue weighted by Crippen LogP contribution is 2.36. The molecule has 0 spiro atoms. The number of carbonyl (C=O) groups excluding carboxylic acids is 1. The summed E-state index contributed by atoms with van der Waals surface area (Å²) in [5.41, 5.74) is 3.52. The number of para-hydroxylation sites is 1. The van der Waals surface area contributed by atoms with Crippen LogP contribution in [0.15, 0.2) is 41.3 Å². The molecule has 29 heavy (non-hydrogen) atoms. The first kappa shape index (κ1) is 20.2. The number of amides is 1. The van der Waals surface area contributed by atoms with Crippen LogP contribution in [0.4, 0.5) is 10.5 Å². The summed E-state index contributed by atoms with van der Waals surface area (Å²) in [5.74, 6) is 0. The number of sulfonamides is 1. The Morgan fingerprint density at radius 2 is 1.69 bits per heavy atom. The highest BCUT2D eigenvalue weighted by Gasteiger charge is 2.38. The number of fused-ring (bicyclic) bond motifs is 1. The van der Waals surface area contributed by atoms with Gasteiger partial charge >= 0.3 is 6.09 Å². The van der Waals surface area contributed by atoms with E-state index in [4.69, 9.17) is 16.3 Å². The molecule has 154 valence electrons. The van der Waals surface area contributed by atoms with Crippen molar-refractivity contribution in [3.8, 4) is 0 Å². The SMILES string of the molecule is Cc1cccc2c1N(C1CCN(S(=O)(=O)c3c(C)cccc3Cl)CC1)C(=O)OC2. The van der Waals surface area contributed by atoms with Gasteiger partial charge in [0.1, 0.15) is 11.5 Å². The average Bonchev–Trinajstić information content (AvgIpc) is 2.68. The van der Waals surface area contributed by atoms with Crippen molar-refractivity contribution in [2.45, 2.75) is 44.2 Å². The summed E-state index contributed by atoms with van der Waals surface area (Å²) in [5, 5.41) is 0.233. The Morgan fingerprint density at radius 3 is 2.38 bits per heavy atom. The van der Waals surface area contributed by atoms with Crippen LogP contribution in [0.5, 0.6) is 0 Å². The van der Waals surface area contributed by atoms with E-state index in [-0.39, 0.29) is 28.7 Å². The summed E-state index contributed by atoms with van der Waals surface area (Å²) in [4.78, 5) is 14.4. The molecule has 0 aliphatic carbocycles. The van der Waals surface area contributed by atoms with Crippen LogP contribution in [0.2, 0.25) is 5.02 Å². The number of hydrogen-bond donors (Lipinski definition) is 0. The maximum absolute atomic E-state index is 13.2. The molecule has 1 saturated heterocycles. The summed E-state index contributed by atoms with van der Waals surface area (Å²) in [6.07, 6.45) is 0.701. The number of benzene rings is 2. The molecule has 0 bridgehead atoms. The van der Waals surface area contributed by atoms with Gasteiger partial charge in [-0.05, 0) is 43.9 Å². The maximum Gasteiger partial charge on any atom is 0.414 e.